The van der Waals surface area contributed by atoms with Gasteiger partial charge < -0.3 is 20.1 Å². The first-order chi connectivity index (χ1) is 11.8. The van der Waals surface area contributed by atoms with Crippen LogP contribution in [0.2, 0.25) is 0 Å². The average molecular weight is 324 g/mol. The Morgan fingerprint density at radius 1 is 0.958 bits per heavy atom. The fraction of sp³-hybridized carbons (Fsp3) is 0.400. The van der Waals surface area contributed by atoms with Crippen molar-refractivity contribution in [1.82, 2.24) is 5.32 Å². The predicted molar refractivity (Wildman–Crippen MR) is 97.2 cm³/mol. The van der Waals surface area contributed by atoms with Crippen molar-refractivity contribution >= 4 is 5.69 Å². The van der Waals surface area contributed by atoms with E-state index in [1.54, 1.807) is 14.2 Å². The van der Waals surface area contributed by atoms with Crippen molar-refractivity contribution in [2.75, 3.05) is 32.6 Å². The molecule has 0 bridgehead atoms. The number of anilines is 1. The van der Waals surface area contributed by atoms with E-state index < -0.39 is 0 Å². The Balaban J connectivity index is 1.86. The van der Waals surface area contributed by atoms with Gasteiger partial charge in [-0.25, -0.2) is 0 Å². The van der Waals surface area contributed by atoms with Gasteiger partial charge >= 0.3 is 0 Å². The van der Waals surface area contributed by atoms with Crippen molar-refractivity contribution in [3.05, 3.63) is 42.0 Å². The smallest absolute Gasteiger partial charge is 0.126 e. The zero-order valence-electron chi connectivity index (χ0n) is 14.3. The standard InChI is InChI=1S/C20H24N2O2/c1-23-13-6-7-19(24-2)16(12-13)14-4-3-5-18-20(14)15-8-10-21-11-9-17(15)22-18/h3-7,12,15,17,21-22H,8-11H2,1-2H3. The van der Waals surface area contributed by atoms with Gasteiger partial charge in [-0.2, -0.15) is 0 Å². The number of rotatable bonds is 3. The molecule has 2 aromatic carbocycles. The second-order valence-corrected chi connectivity index (χ2v) is 6.52. The number of nitrogens with one attached hydrogen (secondary N) is 2. The van der Waals surface area contributed by atoms with E-state index in [1.807, 2.05) is 12.1 Å². The lowest BCUT2D eigenvalue weighted by Crippen LogP contribution is -2.21. The highest BCUT2D eigenvalue weighted by Crippen LogP contribution is 2.47. The Bertz CT molecular complexity index is 744. The molecule has 126 valence electrons. The fourth-order valence-corrected chi connectivity index (χ4v) is 4.11. The molecule has 2 atom stereocenters. The molecule has 0 saturated carbocycles. The predicted octanol–water partition coefficient (Wildman–Crippen LogP) is 3.63. The van der Waals surface area contributed by atoms with Crippen LogP contribution in [0.5, 0.6) is 11.5 Å². The van der Waals surface area contributed by atoms with Gasteiger partial charge in [-0.15, -0.1) is 0 Å². The second-order valence-electron chi connectivity index (χ2n) is 6.52. The van der Waals surface area contributed by atoms with Gasteiger partial charge in [-0.3, -0.25) is 0 Å². The van der Waals surface area contributed by atoms with Crippen LogP contribution in [0.3, 0.4) is 0 Å². The molecule has 0 radical (unpaired) electrons. The lowest BCUT2D eigenvalue weighted by atomic mass is 9.85. The van der Waals surface area contributed by atoms with Crippen molar-refractivity contribution in [1.29, 1.82) is 0 Å². The summed E-state index contributed by atoms with van der Waals surface area (Å²) in [6.07, 6.45) is 2.32. The molecule has 0 spiro atoms. The molecule has 2 aliphatic heterocycles. The normalized spacial score (nSPS) is 22.1. The molecule has 2 aromatic rings. The molecule has 0 aromatic heterocycles. The molecule has 24 heavy (non-hydrogen) atoms. The van der Waals surface area contributed by atoms with Crippen molar-refractivity contribution in [3.63, 3.8) is 0 Å². The van der Waals surface area contributed by atoms with Gasteiger partial charge in [0.25, 0.3) is 0 Å². The van der Waals surface area contributed by atoms with Gasteiger partial charge in [0.1, 0.15) is 11.5 Å². The van der Waals surface area contributed by atoms with Gasteiger partial charge in [-0.1, -0.05) is 12.1 Å². The number of hydrogen-bond acceptors (Lipinski definition) is 4. The number of ether oxygens (including phenoxy) is 2. The van der Waals surface area contributed by atoms with Crippen LogP contribution in [0.15, 0.2) is 36.4 Å². The minimum atomic E-state index is 0.521. The monoisotopic (exact) mass is 324 g/mol. The molecule has 2 unspecified atom stereocenters. The number of fused-ring (bicyclic) bond motifs is 3. The van der Waals surface area contributed by atoms with E-state index in [0.29, 0.717) is 12.0 Å². The van der Waals surface area contributed by atoms with E-state index in [9.17, 15) is 0 Å². The lowest BCUT2D eigenvalue weighted by Gasteiger charge is -2.19. The molecule has 0 aliphatic carbocycles. The maximum Gasteiger partial charge on any atom is 0.126 e. The van der Waals surface area contributed by atoms with Crippen molar-refractivity contribution in [2.45, 2.75) is 24.8 Å². The first kappa shape index (κ1) is 15.3. The Morgan fingerprint density at radius 2 is 1.83 bits per heavy atom. The van der Waals surface area contributed by atoms with Crippen LogP contribution in [0.25, 0.3) is 11.1 Å². The topological polar surface area (TPSA) is 42.5 Å². The largest absolute Gasteiger partial charge is 0.497 e. The highest BCUT2D eigenvalue weighted by Gasteiger charge is 2.35. The maximum atomic E-state index is 5.63. The van der Waals surface area contributed by atoms with Gasteiger partial charge in [0.05, 0.1) is 14.2 Å². The van der Waals surface area contributed by atoms with E-state index in [-0.39, 0.29) is 0 Å². The summed E-state index contributed by atoms with van der Waals surface area (Å²) >= 11 is 0. The fourth-order valence-electron chi connectivity index (χ4n) is 4.11. The minimum absolute atomic E-state index is 0.521. The highest BCUT2D eigenvalue weighted by atomic mass is 16.5. The van der Waals surface area contributed by atoms with Crippen LogP contribution in [0.4, 0.5) is 5.69 Å². The van der Waals surface area contributed by atoms with Crippen LogP contribution in [0.1, 0.15) is 24.3 Å². The van der Waals surface area contributed by atoms with Gasteiger partial charge in [0.2, 0.25) is 0 Å². The summed E-state index contributed by atoms with van der Waals surface area (Å²) in [6.45, 7) is 2.16. The summed E-state index contributed by atoms with van der Waals surface area (Å²) in [5.74, 6) is 2.29. The summed E-state index contributed by atoms with van der Waals surface area (Å²) in [7, 11) is 3.43. The van der Waals surface area contributed by atoms with E-state index in [0.717, 1.165) is 43.0 Å². The number of methoxy groups -OCH3 is 2. The van der Waals surface area contributed by atoms with Gasteiger partial charge in [-0.05, 0) is 61.3 Å². The molecular formula is C20H24N2O2. The van der Waals surface area contributed by atoms with Crippen LogP contribution < -0.4 is 20.1 Å². The van der Waals surface area contributed by atoms with E-state index in [2.05, 4.69) is 34.9 Å². The summed E-state index contributed by atoms with van der Waals surface area (Å²) in [4.78, 5) is 0. The molecule has 4 rings (SSSR count). The Labute approximate surface area is 143 Å². The Kier molecular flexibility index (Phi) is 4.07. The molecule has 2 heterocycles. The molecule has 4 heteroatoms. The molecule has 4 nitrogen and oxygen atoms in total. The van der Waals surface area contributed by atoms with E-state index in [1.165, 1.54) is 16.8 Å². The van der Waals surface area contributed by atoms with Crippen molar-refractivity contribution in [3.8, 4) is 22.6 Å². The third kappa shape index (κ3) is 2.51. The van der Waals surface area contributed by atoms with Crippen LogP contribution in [-0.4, -0.2) is 33.4 Å². The number of benzene rings is 2. The molecular weight excluding hydrogens is 300 g/mol. The van der Waals surface area contributed by atoms with Gasteiger partial charge in [0.15, 0.2) is 0 Å². The lowest BCUT2D eigenvalue weighted by molar-refractivity contribution is 0.404. The van der Waals surface area contributed by atoms with Crippen LogP contribution >= 0.6 is 0 Å². The minimum Gasteiger partial charge on any atom is -0.497 e. The Hall–Kier alpha value is -2.20. The summed E-state index contributed by atoms with van der Waals surface area (Å²) < 4.78 is 11.1. The summed E-state index contributed by atoms with van der Waals surface area (Å²) in [6, 6.07) is 13.1. The molecule has 0 amide bonds. The quantitative estimate of drug-likeness (QED) is 0.905. The van der Waals surface area contributed by atoms with Crippen molar-refractivity contribution in [2.24, 2.45) is 0 Å². The zero-order valence-corrected chi connectivity index (χ0v) is 14.3. The summed E-state index contributed by atoms with van der Waals surface area (Å²) in [5, 5.41) is 7.26. The highest BCUT2D eigenvalue weighted by molar-refractivity contribution is 5.81. The van der Waals surface area contributed by atoms with Gasteiger partial charge in [0, 0.05) is 23.2 Å². The molecule has 1 fully saturated rings. The Morgan fingerprint density at radius 3 is 2.67 bits per heavy atom. The first-order valence-corrected chi connectivity index (χ1v) is 8.64. The zero-order chi connectivity index (χ0) is 16.5. The molecule has 2 N–H and O–H groups in total. The maximum absolute atomic E-state index is 5.63. The third-order valence-corrected chi connectivity index (χ3v) is 5.26. The molecule has 1 saturated heterocycles. The summed E-state index contributed by atoms with van der Waals surface area (Å²) in [5.41, 5.74) is 5.06. The third-order valence-electron chi connectivity index (χ3n) is 5.26. The van der Waals surface area contributed by atoms with E-state index >= 15 is 0 Å². The molecule has 2 aliphatic rings. The van der Waals surface area contributed by atoms with E-state index in [4.69, 9.17) is 9.47 Å². The van der Waals surface area contributed by atoms with Crippen molar-refractivity contribution < 1.29 is 9.47 Å². The average Bonchev–Trinajstić information content (AvgIpc) is 2.82. The first-order valence-electron chi connectivity index (χ1n) is 8.64. The van der Waals surface area contributed by atoms with Crippen LogP contribution in [0, 0.1) is 0 Å². The SMILES string of the molecule is COc1ccc(OC)c(-c2cccc3c2C2CCNCCC2N3)c1. The second kappa shape index (κ2) is 6.36. The van der Waals surface area contributed by atoms with Crippen LogP contribution in [-0.2, 0) is 0 Å². The number of hydrogen-bond donors (Lipinski definition) is 2.